The molecule has 0 aromatic rings. The van der Waals surface area contributed by atoms with Gasteiger partial charge >= 0.3 is 0 Å². The summed E-state index contributed by atoms with van der Waals surface area (Å²) in [5.74, 6) is 1.00. The maximum absolute atomic E-state index is 3.45. The smallest absolute Gasteiger partial charge is 0.0110 e. The lowest BCUT2D eigenvalue weighted by molar-refractivity contribution is 0.121. The van der Waals surface area contributed by atoms with Crippen LogP contribution in [0.5, 0.6) is 0 Å². The Hall–Kier alpha value is -0.0800. The van der Waals surface area contributed by atoms with Crippen LogP contribution in [0.3, 0.4) is 0 Å². The molecule has 0 heterocycles. The molecule has 2 aliphatic carbocycles. The van der Waals surface area contributed by atoms with Gasteiger partial charge in [-0.05, 0) is 59.0 Å². The predicted molar refractivity (Wildman–Crippen MR) is 65.1 cm³/mol. The fourth-order valence-electron chi connectivity index (χ4n) is 3.04. The molecule has 2 aliphatic rings. The van der Waals surface area contributed by atoms with Gasteiger partial charge in [-0.3, -0.25) is 0 Å². The van der Waals surface area contributed by atoms with Gasteiger partial charge in [-0.15, -0.1) is 0 Å². The van der Waals surface area contributed by atoms with Gasteiger partial charge in [-0.1, -0.05) is 6.42 Å². The van der Waals surface area contributed by atoms with Crippen LogP contribution in [-0.2, 0) is 0 Å². The molecule has 0 amide bonds. The zero-order valence-corrected chi connectivity index (χ0v) is 10.5. The zero-order chi connectivity index (χ0) is 10.8. The van der Waals surface area contributed by atoms with Gasteiger partial charge in [-0.25, -0.2) is 0 Å². The van der Waals surface area contributed by atoms with Gasteiger partial charge in [-0.2, -0.15) is 0 Å². The minimum Gasteiger partial charge on any atom is -0.317 e. The summed E-state index contributed by atoms with van der Waals surface area (Å²) in [5, 5.41) is 3.45. The third-order valence-corrected chi connectivity index (χ3v) is 4.58. The van der Waals surface area contributed by atoms with Crippen molar-refractivity contribution in [1.29, 1.82) is 0 Å². The van der Waals surface area contributed by atoms with Crippen molar-refractivity contribution in [3.63, 3.8) is 0 Å². The summed E-state index contributed by atoms with van der Waals surface area (Å²) >= 11 is 0. The first-order valence-electron chi connectivity index (χ1n) is 6.61. The van der Waals surface area contributed by atoms with Gasteiger partial charge in [0.05, 0.1) is 0 Å². The lowest BCUT2D eigenvalue weighted by atomic mass is 9.89. The van der Waals surface area contributed by atoms with E-state index in [2.05, 4.69) is 31.2 Å². The summed E-state index contributed by atoms with van der Waals surface area (Å²) in [6.45, 7) is 2.42. The van der Waals surface area contributed by atoms with Crippen molar-refractivity contribution in [2.24, 2.45) is 5.92 Å². The van der Waals surface area contributed by atoms with Gasteiger partial charge in [0.25, 0.3) is 0 Å². The van der Waals surface area contributed by atoms with E-state index in [0.29, 0.717) is 0 Å². The molecular weight excluding hydrogens is 184 g/mol. The largest absolute Gasteiger partial charge is 0.317 e. The van der Waals surface area contributed by atoms with E-state index in [1.165, 1.54) is 38.5 Å². The van der Waals surface area contributed by atoms with Crippen LogP contribution in [-0.4, -0.2) is 37.1 Å². The lowest BCUT2D eigenvalue weighted by Crippen LogP contribution is -2.45. The second-order valence-corrected chi connectivity index (χ2v) is 5.55. The number of hydrogen-bond donors (Lipinski definition) is 1. The van der Waals surface area contributed by atoms with E-state index in [0.717, 1.165) is 24.0 Å². The maximum Gasteiger partial charge on any atom is 0.0110 e. The Bertz CT molecular complexity index is 201. The highest BCUT2D eigenvalue weighted by Crippen LogP contribution is 2.36. The van der Waals surface area contributed by atoms with E-state index in [9.17, 15) is 0 Å². The molecular formula is C13H26N2. The molecule has 0 saturated heterocycles. The monoisotopic (exact) mass is 210 g/mol. The summed E-state index contributed by atoms with van der Waals surface area (Å²) in [4.78, 5) is 2.65. The van der Waals surface area contributed by atoms with Crippen LogP contribution >= 0.6 is 0 Å². The Kier molecular flexibility index (Phi) is 3.68. The first-order valence-corrected chi connectivity index (χ1v) is 6.61. The molecule has 0 aromatic heterocycles. The van der Waals surface area contributed by atoms with Gasteiger partial charge in [0, 0.05) is 18.1 Å². The standard InChI is InChI=1S/C13H26N2/c1-10(11-7-8-11)15(3)13-6-4-5-12(9-13)14-2/h10-14H,4-9H2,1-3H3. The molecule has 3 atom stereocenters. The Labute approximate surface area is 94.4 Å². The summed E-state index contributed by atoms with van der Waals surface area (Å²) < 4.78 is 0. The molecule has 3 unspecified atom stereocenters. The number of nitrogens with one attached hydrogen (secondary N) is 1. The fraction of sp³-hybridized carbons (Fsp3) is 1.00. The molecule has 88 valence electrons. The van der Waals surface area contributed by atoms with Crippen LogP contribution in [0, 0.1) is 5.92 Å². The maximum atomic E-state index is 3.45. The van der Waals surface area contributed by atoms with Crippen LogP contribution in [0.1, 0.15) is 45.4 Å². The molecule has 0 aliphatic heterocycles. The van der Waals surface area contributed by atoms with Crippen molar-refractivity contribution < 1.29 is 0 Å². The summed E-state index contributed by atoms with van der Waals surface area (Å²) in [7, 11) is 4.45. The molecule has 15 heavy (non-hydrogen) atoms. The van der Waals surface area contributed by atoms with Crippen molar-refractivity contribution in [3.8, 4) is 0 Å². The Balaban J connectivity index is 1.85. The van der Waals surface area contributed by atoms with E-state index < -0.39 is 0 Å². The molecule has 2 rings (SSSR count). The first kappa shape index (κ1) is 11.4. The van der Waals surface area contributed by atoms with E-state index >= 15 is 0 Å². The van der Waals surface area contributed by atoms with Crippen LogP contribution in [0.2, 0.25) is 0 Å². The van der Waals surface area contributed by atoms with Crippen molar-refractivity contribution in [2.45, 2.75) is 63.6 Å². The quantitative estimate of drug-likeness (QED) is 0.765. The average molecular weight is 210 g/mol. The SMILES string of the molecule is CNC1CCCC(N(C)C(C)C2CC2)C1. The van der Waals surface area contributed by atoms with Crippen molar-refractivity contribution >= 4 is 0 Å². The highest BCUT2D eigenvalue weighted by Gasteiger charge is 2.34. The first-order chi connectivity index (χ1) is 7.22. The van der Waals surface area contributed by atoms with Gasteiger partial charge < -0.3 is 10.2 Å². The second-order valence-electron chi connectivity index (χ2n) is 5.55. The molecule has 0 spiro atoms. The molecule has 2 nitrogen and oxygen atoms in total. The summed E-state index contributed by atoms with van der Waals surface area (Å²) in [6.07, 6.45) is 8.47. The fourth-order valence-corrected chi connectivity index (χ4v) is 3.04. The Morgan fingerprint density at radius 2 is 1.93 bits per heavy atom. The van der Waals surface area contributed by atoms with Crippen LogP contribution in [0.25, 0.3) is 0 Å². The zero-order valence-electron chi connectivity index (χ0n) is 10.5. The van der Waals surface area contributed by atoms with Crippen LogP contribution in [0.4, 0.5) is 0 Å². The van der Waals surface area contributed by atoms with Gasteiger partial charge in [0.1, 0.15) is 0 Å². The van der Waals surface area contributed by atoms with Crippen molar-refractivity contribution in [3.05, 3.63) is 0 Å². The van der Waals surface area contributed by atoms with E-state index in [1.807, 2.05) is 0 Å². The summed E-state index contributed by atoms with van der Waals surface area (Å²) in [6, 6.07) is 2.40. The lowest BCUT2D eigenvalue weighted by Gasteiger charge is -2.38. The van der Waals surface area contributed by atoms with Crippen molar-refractivity contribution in [1.82, 2.24) is 10.2 Å². The molecule has 2 fully saturated rings. The minimum absolute atomic E-state index is 0.762. The average Bonchev–Trinajstić information content (AvgIpc) is 3.11. The molecule has 0 aromatic carbocycles. The van der Waals surface area contributed by atoms with Crippen LogP contribution in [0.15, 0.2) is 0 Å². The molecule has 2 saturated carbocycles. The number of hydrogen-bond acceptors (Lipinski definition) is 2. The third kappa shape index (κ3) is 2.73. The normalized spacial score (nSPS) is 34.4. The second kappa shape index (κ2) is 4.84. The van der Waals surface area contributed by atoms with E-state index in [4.69, 9.17) is 0 Å². The highest BCUT2D eigenvalue weighted by molar-refractivity contribution is 4.89. The number of nitrogens with zero attached hydrogens (tertiary/aromatic N) is 1. The van der Waals surface area contributed by atoms with Crippen molar-refractivity contribution in [2.75, 3.05) is 14.1 Å². The van der Waals surface area contributed by atoms with E-state index in [-0.39, 0.29) is 0 Å². The van der Waals surface area contributed by atoms with Crippen LogP contribution < -0.4 is 5.32 Å². The Morgan fingerprint density at radius 1 is 1.20 bits per heavy atom. The molecule has 2 heteroatoms. The van der Waals surface area contributed by atoms with Gasteiger partial charge in [0.15, 0.2) is 0 Å². The molecule has 1 N–H and O–H groups in total. The van der Waals surface area contributed by atoms with Gasteiger partial charge in [0.2, 0.25) is 0 Å². The summed E-state index contributed by atoms with van der Waals surface area (Å²) in [5.41, 5.74) is 0. The molecule has 0 bridgehead atoms. The topological polar surface area (TPSA) is 15.3 Å². The minimum atomic E-state index is 0.762. The highest BCUT2D eigenvalue weighted by atomic mass is 15.2. The van der Waals surface area contributed by atoms with E-state index in [1.54, 1.807) is 0 Å². The molecule has 0 radical (unpaired) electrons. The third-order valence-electron chi connectivity index (χ3n) is 4.58. The Morgan fingerprint density at radius 3 is 2.53 bits per heavy atom. The predicted octanol–water partition coefficient (Wildman–Crippen LogP) is 2.25. The number of rotatable bonds is 4.